The van der Waals surface area contributed by atoms with Crippen LogP contribution in [0, 0.1) is 0 Å². The quantitative estimate of drug-likeness (QED) is 0.272. The lowest BCUT2D eigenvalue weighted by molar-refractivity contribution is -0.143. The Kier molecular flexibility index (Phi) is 10.2. The topological polar surface area (TPSA) is 58.6 Å². The summed E-state index contributed by atoms with van der Waals surface area (Å²) < 4.78 is 6.13. The van der Waals surface area contributed by atoms with Gasteiger partial charge in [0.25, 0.3) is 5.91 Å². The van der Waals surface area contributed by atoms with E-state index in [2.05, 4.69) is 26.1 Å². The standard InChI is InChI=1S/C33H38Cl2N2O3/c1-33(2,3)27-15-9-10-16-30(27)40-22-31(38)37(21-24-17-18-25(34)20-28(24)35)29(19-23-11-5-4-6-12-23)32(39)36-26-13-7-8-14-26/h4-6,9-12,15-18,20,26,29H,7-8,13-14,19,21-22H2,1-3H3,(H,36,39). The molecule has 1 N–H and O–H groups in total. The Labute approximate surface area is 247 Å². The van der Waals surface area contributed by atoms with Crippen LogP contribution in [0.5, 0.6) is 5.75 Å². The van der Waals surface area contributed by atoms with Gasteiger partial charge < -0.3 is 15.0 Å². The summed E-state index contributed by atoms with van der Waals surface area (Å²) in [4.78, 5) is 29.4. The highest BCUT2D eigenvalue weighted by molar-refractivity contribution is 6.35. The normalized spacial score (nSPS) is 14.5. The molecule has 212 valence electrons. The molecule has 0 saturated heterocycles. The molecule has 1 aliphatic rings. The highest BCUT2D eigenvalue weighted by Gasteiger charge is 2.33. The highest BCUT2D eigenvalue weighted by Crippen LogP contribution is 2.31. The lowest BCUT2D eigenvalue weighted by Gasteiger charge is -2.33. The van der Waals surface area contributed by atoms with Crippen LogP contribution < -0.4 is 10.1 Å². The van der Waals surface area contributed by atoms with E-state index in [1.165, 1.54) is 0 Å². The lowest BCUT2D eigenvalue weighted by Crippen LogP contribution is -2.53. The molecule has 1 aliphatic carbocycles. The molecule has 3 aromatic rings. The molecular weight excluding hydrogens is 543 g/mol. The Morgan fingerprint density at radius 1 is 0.975 bits per heavy atom. The molecule has 1 atom stereocenters. The Morgan fingerprint density at radius 3 is 2.33 bits per heavy atom. The Morgan fingerprint density at radius 2 is 1.65 bits per heavy atom. The minimum atomic E-state index is -0.747. The van der Waals surface area contributed by atoms with Crippen molar-refractivity contribution in [2.75, 3.05) is 6.61 Å². The number of benzene rings is 3. The molecule has 7 heteroatoms. The Bertz CT molecular complexity index is 1300. The predicted octanol–water partition coefficient (Wildman–Crippen LogP) is 7.37. The van der Waals surface area contributed by atoms with Gasteiger partial charge in [-0.25, -0.2) is 0 Å². The number of para-hydroxylation sites is 1. The molecule has 0 aromatic heterocycles. The van der Waals surface area contributed by atoms with Crippen LogP contribution in [-0.4, -0.2) is 35.4 Å². The number of hydrogen-bond acceptors (Lipinski definition) is 3. The first-order chi connectivity index (χ1) is 19.1. The van der Waals surface area contributed by atoms with Crippen molar-refractivity contribution in [2.45, 2.75) is 76.9 Å². The SMILES string of the molecule is CC(C)(C)c1ccccc1OCC(=O)N(Cc1ccc(Cl)cc1Cl)C(Cc1ccccc1)C(=O)NC1CCCC1. The van der Waals surface area contributed by atoms with E-state index < -0.39 is 6.04 Å². The molecule has 0 aliphatic heterocycles. The van der Waals surface area contributed by atoms with Crippen molar-refractivity contribution >= 4 is 35.0 Å². The monoisotopic (exact) mass is 580 g/mol. The van der Waals surface area contributed by atoms with Crippen LogP contribution in [0.3, 0.4) is 0 Å². The molecule has 1 saturated carbocycles. The van der Waals surface area contributed by atoms with E-state index in [1.54, 1.807) is 23.1 Å². The van der Waals surface area contributed by atoms with Gasteiger partial charge in [-0.2, -0.15) is 0 Å². The van der Waals surface area contributed by atoms with Crippen LogP contribution in [0.1, 0.15) is 63.1 Å². The van der Waals surface area contributed by atoms with Crippen LogP contribution in [0.2, 0.25) is 10.0 Å². The van der Waals surface area contributed by atoms with Crippen LogP contribution in [0.25, 0.3) is 0 Å². The van der Waals surface area contributed by atoms with Crippen LogP contribution in [-0.2, 0) is 28.0 Å². The van der Waals surface area contributed by atoms with Crippen molar-refractivity contribution in [1.82, 2.24) is 10.2 Å². The molecule has 1 fully saturated rings. The molecule has 0 spiro atoms. The van der Waals surface area contributed by atoms with Gasteiger partial charge in [-0.15, -0.1) is 0 Å². The number of nitrogens with one attached hydrogen (secondary N) is 1. The fourth-order valence-corrected chi connectivity index (χ4v) is 5.66. The average Bonchev–Trinajstić information content (AvgIpc) is 3.43. The fraction of sp³-hybridized carbons (Fsp3) is 0.394. The number of amides is 2. The zero-order chi connectivity index (χ0) is 28.7. The van der Waals surface area contributed by atoms with Crippen LogP contribution >= 0.6 is 23.2 Å². The lowest BCUT2D eigenvalue weighted by atomic mass is 9.86. The van der Waals surface area contributed by atoms with Gasteiger partial charge in [0.2, 0.25) is 5.91 Å². The van der Waals surface area contributed by atoms with Gasteiger partial charge in [-0.1, -0.05) is 111 Å². The maximum absolute atomic E-state index is 14.0. The zero-order valence-corrected chi connectivity index (χ0v) is 25.0. The molecule has 40 heavy (non-hydrogen) atoms. The number of ether oxygens (including phenoxy) is 1. The largest absolute Gasteiger partial charge is 0.483 e. The second-order valence-electron chi connectivity index (χ2n) is 11.5. The third-order valence-electron chi connectivity index (χ3n) is 7.37. The summed E-state index contributed by atoms with van der Waals surface area (Å²) >= 11 is 12.7. The van der Waals surface area contributed by atoms with Crippen molar-refractivity contribution in [3.63, 3.8) is 0 Å². The van der Waals surface area contributed by atoms with Crippen molar-refractivity contribution in [3.8, 4) is 5.75 Å². The average molecular weight is 582 g/mol. The first kappa shape index (κ1) is 30.0. The van der Waals surface area contributed by atoms with Crippen LogP contribution in [0.4, 0.5) is 0 Å². The summed E-state index contributed by atoms with van der Waals surface area (Å²) in [6.07, 6.45) is 4.46. The molecule has 0 bridgehead atoms. The molecule has 0 radical (unpaired) electrons. The minimum Gasteiger partial charge on any atom is -0.483 e. The molecule has 4 rings (SSSR count). The molecule has 3 aromatic carbocycles. The van der Waals surface area contributed by atoms with Gasteiger partial charge in [-0.3, -0.25) is 9.59 Å². The summed E-state index contributed by atoms with van der Waals surface area (Å²) in [7, 11) is 0. The number of nitrogens with zero attached hydrogens (tertiary/aromatic N) is 1. The second kappa shape index (κ2) is 13.6. The number of hydrogen-bond donors (Lipinski definition) is 1. The third-order valence-corrected chi connectivity index (χ3v) is 7.96. The van der Waals surface area contributed by atoms with Gasteiger partial charge in [0, 0.05) is 29.1 Å². The number of halogens is 2. The van der Waals surface area contributed by atoms with Crippen molar-refractivity contribution in [3.05, 3.63) is 99.5 Å². The van der Waals surface area contributed by atoms with Gasteiger partial charge in [0.05, 0.1) is 0 Å². The van der Waals surface area contributed by atoms with Gasteiger partial charge in [0.15, 0.2) is 6.61 Å². The zero-order valence-electron chi connectivity index (χ0n) is 23.5. The predicted molar refractivity (Wildman–Crippen MR) is 162 cm³/mol. The van der Waals surface area contributed by atoms with E-state index in [0.29, 0.717) is 27.8 Å². The molecule has 1 unspecified atom stereocenters. The van der Waals surface area contributed by atoms with Crippen molar-refractivity contribution in [1.29, 1.82) is 0 Å². The maximum Gasteiger partial charge on any atom is 0.261 e. The van der Waals surface area contributed by atoms with Gasteiger partial charge in [-0.05, 0) is 53.1 Å². The Balaban J connectivity index is 1.66. The molecule has 5 nitrogen and oxygen atoms in total. The van der Waals surface area contributed by atoms with E-state index in [0.717, 1.165) is 36.8 Å². The van der Waals surface area contributed by atoms with E-state index in [4.69, 9.17) is 27.9 Å². The smallest absolute Gasteiger partial charge is 0.261 e. The summed E-state index contributed by atoms with van der Waals surface area (Å²) in [5.74, 6) is 0.198. The summed E-state index contributed by atoms with van der Waals surface area (Å²) in [6, 6.07) is 22.1. The minimum absolute atomic E-state index is 0.122. The highest BCUT2D eigenvalue weighted by atomic mass is 35.5. The van der Waals surface area contributed by atoms with Crippen LogP contribution in [0.15, 0.2) is 72.8 Å². The molecule has 2 amide bonds. The van der Waals surface area contributed by atoms with Gasteiger partial charge >= 0.3 is 0 Å². The first-order valence-corrected chi connectivity index (χ1v) is 14.7. The fourth-order valence-electron chi connectivity index (χ4n) is 5.19. The van der Waals surface area contributed by atoms with E-state index >= 15 is 0 Å². The van der Waals surface area contributed by atoms with E-state index in [9.17, 15) is 9.59 Å². The third kappa shape index (κ3) is 8.02. The number of carbonyl (C=O) groups is 2. The summed E-state index contributed by atoms with van der Waals surface area (Å²) in [5, 5.41) is 4.17. The molecular formula is C33H38Cl2N2O3. The van der Waals surface area contributed by atoms with Crippen molar-refractivity contribution in [2.24, 2.45) is 0 Å². The summed E-state index contributed by atoms with van der Waals surface area (Å²) in [6.45, 7) is 6.26. The van der Waals surface area contributed by atoms with Crippen molar-refractivity contribution < 1.29 is 14.3 Å². The maximum atomic E-state index is 14.0. The number of carbonyl (C=O) groups excluding carboxylic acids is 2. The first-order valence-electron chi connectivity index (χ1n) is 13.9. The molecule has 0 heterocycles. The van der Waals surface area contributed by atoms with E-state index in [1.807, 2.05) is 54.6 Å². The Hall–Kier alpha value is -3.02. The second-order valence-corrected chi connectivity index (χ2v) is 12.3. The summed E-state index contributed by atoms with van der Waals surface area (Å²) in [5.41, 5.74) is 2.52. The number of rotatable bonds is 10. The van der Waals surface area contributed by atoms with E-state index in [-0.39, 0.29) is 36.4 Å². The van der Waals surface area contributed by atoms with Gasteiger partial charge in [0.1, 0.15) is 11.8 Å².